The molecular weight excluding hydrogens is 176 g/mol. The third-order valence-electron chi connectivity index (χ3n) is 2.84. The van der Waals surface area contributed by atoms with Crippen LogP contribution in [0.1, 0.15) is 39.5 Å². The van der Waals surface area contributed by atoms with E-state index in [1.54, 1.807) is 6.92 Å². The van der Waals surface area contributed by atoms with Crippen LogP contribution in [0.25, 0.3) is 0 Å². The molecule has 1 unspecified atom stereocenters. The molecule has 0 aromatic heterocycles. The lowest BCUT2D eigenvalue weighted by atomic mass is 9.89. The van der Waals surface area contributed by atoms with Crippen molar-refractivity contribution in [3.8, 4) is 6.07 Å². The molecule has 1 rings (SSSR count). The fraction of sp³-hybridized carbons (Fsp3) is 0.909. The van der Waals surface area contributed by atoms with E-state index in [0.717, 1.165) is 18.8 Å². The van der Waals surface area contributed by atoms with Crippen molar-refractivity contribution in [1.29, 1.82) is 5.26 Å². The SMILES string of the molecule is CC1CCC(OCC(C)(N)C#N)CC1. The van der Waals surface area contributed by atoms with Gasteiger partial charge in [-0.2, -0.15) is 5.26 Å². The van der Waals surface area contributed by atoms with Crippen LogP contribution >= 0.6 is 0 Å². The molecule has 0 bridgehead atoms. The molecule has 0 aromatic rings. The van der Waals surface area contributed by atoms with Crippen molar-refractivity contribution in [1.82, 2.24) is 0 Å². The first-order valence-corrected chi connectivity index (χ1v) is 5.35. The summed E-state index contributed by atoms with van der Waals surface area (Å²) in [7, 11) is 0. The first-order chi connectivity index (χ1) is 6.53. The maximum atomic E-state index is 8.71. The van der Waals surface area contributed by atoms with Gasteiger partial charge in [0.2, 0.25) is 0 Å². The van der Waals surface area contributed by atoms with Crippen LogP contribution in [0, 0.1) is 17.2 Å². The molecular formula is C11H20N2O. The molecule has 0 saturated heterocycles. The fourth-order valence-electron chi connectivity index (χ4n) is 1.72. The van der Waals surface area contributed by atoms with Crippen LogP contribution in [-0.4, -0.2) is 18.2 Å². The third-order valence-corrected chi connectivity index (χ3v) is 2.84. The van der Waals surface area contributed by atoms with Crippen LogP contribution in [0.2, 0.25) is 0 Å². The quantitative estimate of drug-likeness (QED) is 0.749. The Morgan fingerprint density at radius 3 is 2.50 bits per heavy atom. The van der Waals surface area contributed by atoms with Gasteiger partial charge in [0.05, 0.1) is 18.8 Å². The predicted molar refractivity (Wildman–Crippen MR) is 55.6 cm³/mol. The first kappa shape index (κ1) is 11.5. The second kappa shape index (κ2) is 4.77. The van der Waals surface area contributed by atoms with Crippen molar-refractivity contribution in [3.05, 3.63) is 0 Å². The van der Waals surface area contributed by atoms with Crippen molar-refractivity contribution in [2.75, 3.05) is 6.61 Å². The number of ether oxygens (including phenoxy) is 1. The van der Waals surface area contributed by atoms with Crippen LogP contribution in [0.5, 0.6) is 0 Å². The molecule has 3 heteroatoms. The Morgan fingerprint density at radius 2 is 2.00 bits per heavy atom. The fourth-order valence-corrected chi connectivity index (χ4v) is 1.72. The van der Waals surface area contributed by atoms with Gasteiger partial charge in [-0.1, -0.05) is 6.92 Å². The van der Waals surface area contributed by atoms with Gasteiger partial charge in [0.1, 0.15) is 5.54 Å². The molecule has 2 N–H and O–H groups in total. The molecule has 14 heavy (non-hydrogen) atoms. The summed E-state index contributed by atoms with van der Waals surface area (Å²) in [5.74, 6) is 0.829. The van der Waals surface area contributed by atoms with E-state index in [0.29, 0.717) is 12.7 Å². The second-order valence-corrected chi connectivity index (χ2v) is 4.72. The summed E-state index contributed by atoms with van der Waals surface area (Å²) in [5.41, 5.74) is 4.84. The van der Waals surface area contributed by atoms with Crippen molar-refractivity contribution in [3.63, 3.8) is 0 Å². The van der Waals surface area contributed by atoms with Crippen molar-refractivity contribution < 1.29 is 4.74 Å². The van der Waals surface area contributed by atoms with Crippen LogP contribution in [0.4, 0.5) is 0 Å². The second-order valence-electron chi connectivity index (χ2n) is 4.72. The van der Waals surface area contributed by atoms with Gasteiger partial charge in [0, 0.05) is 0 Å². The Balaban J connectivity index is 2.23. The number of hydrogen-bond acceptors (Lipinski definition) is 3. The van der Waals surface area contributed by atoms with Gasteiger partial charge in [-0.15, -0.1) is 0 Å². The first-order valence-electron chi connectivity index (χ1n) is 5.35. The largest absolute Gasteiger partial charge is 0.375 e. The molecule has 0 heterocycles. The smallest absolute Gasteiger partial charge is 0.125 e. The monoisotopic (exact) mass is 196 g/mol. The lowest BCUT2D eigenvalue weighted by Gasteiger charge is -2.28. The molecule has 0 aromatic carbocycles. The summed E-state index contributed by atoms with van der Waals surface area (Å²) >= 11 is 0. The number of nitrogens with two attached hydrogens (primary N) is 1. The Morgan fingerprint density at radius 1 is 1.43 bits per heavy atom. The Bertz CT molecular complexity index is 212. The Kier molecular flexibility index (Phi) is 3.91. The zero-order valence-corrected chi connectivity index (χ0v) is 9.12. The third kappa shape index (κ3) is 3.65. The van der Waals surface area contributed by atoms with E-state index in [4.69, 9.17) is 15.7 Å². The van der Waals surface area contributed by atoms with E-state index in [-0.39, 0.29) is 0 Å². The lowest BCUT2D eigenvalue weighted by molar-refractivity contribution is 0.00549. The average molecular weight is 196 g/mol. The van der Waals surface area contributed by atoms with Gasteiger partial charge in [-0.25, -0.2) is 0 Å². The molecule has 0 spiro atoms. The molecule has 1 atom stereocenters. The minimum atomic E-state index is -0.830. The van der Waals surface area contributed by atoms with Crippen LogP contribution < -0.4 is 5.73 Å². The van der Waals surface area contributed by atoms with E-state index < -0.39 is 5.54 Å². The maximum Gasteiger partial charge on any atom is 0.125 e. The summed E-state index contributed by atoms with van der Waals surface area (Å²) < 4.78 is 5.64. The van der Waals surface area contributed by atoms with Gasteiger partial charge in [-0.3, -0.25) is 0 Å². The van der Waals surface area contributed by atoms with E-state index >= 15 is 0 Å². The molecule has 1 aliphatic rings. The van der Waals surface area contributed by atoms with Gasteiger partial charge in [-0.05, 0) is 38.5 Å². The molecule has 0 radical (unpaired) electrons. The van der Waals surface area contributed by atoms with Gasteiger partial charge in [0.25, 0.3) is 0 Å². The van der Waals surface area contributed by atoms with Crippen molar-refractivity contribution >= 4 is 0 Å². The van der Waals surface area contributed by atoms with Gasteiger partial charge >= 0.3 is 0 Å². The zero-order chi connectivity index (χ0) is 10.6. The summed E-state index contributed by atoms with van der Waals surface area (Å²) in [6, 6.07) is 2.04. The van der Waals surface area contributed by atoms with E-state index in [1.165, 1.54) is 12.8 Å². The van der Waals surface area contributed by atoms with E-state index in [9.17, 15) is 0 Å². The average Bonchev–Trinajstić information content (AvgIpc) is 2.17. The van der Waals surface area contributed by atoms with E-state index in [2.05, 4.69) is 6.92 Å². The number of nitrogens with zero attached hydrogens (tertiary/aromatic N) is 1. The van der Waals surface area contributed by atoms with Gasteiger partial charge < -0.3 is 10.5 Å². The van der Waals surface area contributed by atoms with E-state index in [1.807, 2.05) is 6.07 Å². The molecule has 80 valence electrons. The molecule has 3 nitrogen and oxygen atoms in total. The van der Waals surface area contributed by atoms with Gasteiger partial charge in [0.15, 0.2) is 0 Å². The topological polar surface area (TPSA) is 59.0 Å². The number of rotatable bonds is 3. The molecule has 1 saturated carbocycles. The van der Waals surface area contributed by atoms with Crippen LogP contribution in [0.15, 0.2) is 0 Å². The normalized spacial score (nSPS) is 31.9. The summed E-state index contributed by atoms with van der Waals surface area (Å²) in [5, 5.41) is 8.71. The summed E-state index contributed by atoms with van der Waals surface area (Å²) in [6.45, 7) is 4.33. The molecule has 0 aliphatic heterocycles. The zero-order valence-electron chi connectivity index (χ0n) is 9.12. The highest BCUT2D eigenvalue weighted by Gasteiger charge is 2.23. The maximum absolute atomic E-state index is 8.71. The Labute approximate surface area is 86.2 Å². The minimum Gasteiger partial charge on any atom is -0.375 e. The highest BCUT2D eigenvalue weighted by atomic mass is 16.5. The molecule has 1 fully saturated rings. The minimum absolute atomic E-state index is 0.322. The standard InChI is InChI=1S/C11H20N2O/c1-9-3-5-10(6-4-9)14-8-11(2,13)7-12/h9-10H,3-6,8,13H2,1-2H3. The highest BCUT2D eigenvalue weighted by molar-refractivity contribution is 5.01. The highest BCUT2D eigenvalue weighted by Crippen LogP contribution is 2.25. The number of nitriles is 1. The van der Waals surface area contributed by atoms with Crippen LogP contribution in [0.3, 0.4) is 0 Å². The predicted octanol–water partition coefficient (Wildman–Crippen LogP) is 1.82. The Hall–Kier alpha value is -0.590. The van der Waals surface area contributed by atoms with Crippen LogP contribution in [-0.2, 0) is 4.74 Å². The lowest BCUT2D eigenvalue weighted by Crippen LogP contribution is -2.41. The van der Waals surface area contributed by atoms with Crippen molar-refractivity contribution in [2.24, 2.45) is 11.7 Å². The summed E-state index contributed by atoms with van der Waals surface area (Å²) in [4.78, 5) is 0. The van der Waals surface area contributed by atoms with Crippen molar-refractivity contribution in [2.45, 2.75) is 51.2 Å². The summed E-state index contributed by atoms with van der Waals surface area (Å²) in [6.07, 6.45) is 5.02. The number of hydrogen-bond donors (Lipinski definition) is 1. The molecule has 1 aliphatic carbocycles. The molecule has 0 amide bonds.